The van der Waals surface area contributed by atoms with Crippen molar-refractivity contribution >= 4 is 11.8 Å². The van der Waals surface area contributed by atoms with Crippen LogP contribution in [-0.4, -0.2) is 28.9 Å². The van der Waals surface area contributed by atoms with Crippen molar-refractivity contribution in [2.45, 2.75) is 38.3 Å². The fraction of sp³-hybridized carbons (Fsp3) is 0.400. The summed E-state index contributed by atoms with van der Waals surface area (Å²) in [5, 5.41) is 5.81. The Kier molecular flexibility index (Phi) is 4.50. The van der Waals surface area contributed by atoms with Gasteiger partial charge in [-0.25, -0.2) is 0 Å². The number of hydrogen-bond donors (Lipinski definition) is 2. The Labute approximate surface area is 118 Å². The summed E-state index contributed by atoms with van der Waals surface area (Å²) < 4.78 is 0. The Hall–Kier alpha value is -2.17. The second kappa shape index (κ2) is 6.32. The number of pyridine rings is 1. The lowest BCUT2D eigenvalue weighted by molar-refractivity contribution is -0.117. The Bertz CT molecular complexity index is 510. The molecule has 1 aliphatic rings. The van der Waals surface area contributed by atoms with Gasteiger partial charge in [0.1, 0.15) is 5.69 Å². The Morgan fingerprint density at radius 2 is 2.00 bits per heavy atom. The van der Waals surface area contributed by atoms with Crippen LogP contribution in [0.5, 0.6) is 0 Å². The molecule has 5 nitrogen and oxygen atoms in total. The summed E-state index contributed by atoms with van der Waals surface area (Å²) in [5.41, 5.74) is 1.45. The van der Waals surface area contributed by atoms with Gasteiger partial charge in [0.15, 0.2) is 0 Å². The van der Waals surface area contributed by atoms with E-state index < -0.39 is 0 Å². The monoisotopic (exact) mass is 273 g/mol. The van der Waals surface area contributed by atoms with Gasteiger partial charge in [-0.2, -0.15) is 0 Å². The molecule has 0 aliphatic heterocycles. The second-order valence-electron chi connectivity index (χ2n) is 5.11. The van der Waals surface area contributed by atoms with Crippen molar-refractivity contribution < 1.29 is 9.59 Å². The first kappa shape index (κ1) is 14.2. The van der Waals surface area contributed by atoms with Crippen molar-refractivity contribution in [3.8, 4) is 0 Å². The highest BCUT2D eigenvalue weighted by Crippen LogP contribution is 2.19. The number of amides is 2. The maximum Gasteiger partial charge on any atom is 0.270 e. The highest BCUT2D eigenvalue weighted by molar-refractivity contribution is 5.92. The zero-order chi connectivity index (χ0) is 14.5. The highest BCUT2D eigenvalue weighted by Gasteiger charge is 2.26. The highest BCUT2D eigenvalue weighted by atomic mass is 16.2. The summed E-state index contributed by atoms with van der Waals surface area (Å²) >= 11 is 0. The van der Waals surface area contributed by atoms with E-state index in [4.69, 9.17) is 0 Å². The van der Waals surface area contributed by atoms with Crippen molar-refractivity contribution in [1.29, 1.82) is 0 Å². The van der Waals surface area contributed by atoms with Crippen molar-refractivity contribution in [2.75, 3.05) is 0 Å². The number of nitrogens with zero attached hydrogens (tertiary/aromatic N) is 1. The number of aryl methyl sites for hydroxylation is 1. The van der Waals surface area contributed by atoms with Crippen LogP contribution in [0.4, 0.5) is 0 Å². The van der Waals surface area contributed by atoms with Crippen molar-refractivity contribution in [3.63, 3.8) is 0 Å². The topological polar surface area (TPSA) is 71.1 Å². The van der Waals surface area contributed by atoms with Gasteiger partial charge in [0.2, 0.25) is 5.91 Å². The molecule has 2 rings (SSSR count). The third-order valence-corrected chi connectivity index (χ3v) is 3.44. The zero-order valence-electron chi connectivity index (χ0n) is 11.6. The van der Waals surface area contributed by atoms with Crippen LogP contribution >= 0.6 is 0 Å². The fourth-order valence-electron chi connectivity index (χ4n) is 2.37. The normalized spacial score (nSPS) is 21.2. The van der Waals surface area contributed by atoms with Gasteiger partial charge in [-0.3, -0.25) is 14.6 Å². The molecule has 1 aromatic heterocycles. The average Bonchev–Trinajstić information content (AvgIpc) is 2.86. The first-order chi connectivity index (χ1) is 9.58. The quantitative estimate of drug-likeness (QED) is 0.813. The van der Waals surface area contributed by atoms with Gasteiger partial charge >= 0.3 is 0 Å². The van der Waals surface area contributed by atoms with Crippen LogP contribution in [-0.2, 0) is 4.79 Å². The number of rotatable bonds is 4. The number of carbonyl (C=O) groups is 2. The van der Waals surface area contributed by atoms with Gasteiger partial charge in [0.25, 0.3) is 5.91 Å². The summed E-state index contributed by atoms with van der Waals surface area (Å²) in [6.07, 6.45) is 5.42. The molecule has 1 aliphatic carbocycles. The number of hydrogen-bond acceptors (Lipinski definition) is 3. The van der Waals surface area contributed by atoms with E-state index in [1.54, 1.807) is 12.3 Å². The molecule has 106 valence electrons. The lowest BCUT2D eigenvalue weighted by Crippen LogP contribution is -2.36. The van der Waals surface area contributed by atoms with Gasteiger partial charge in [-0.15, -0.1) is 0 Å². The number of carbonyl (C=O) groups excluding carboxylic acids is 2. The van der Waals surface area contributed by atoms with E-state index in [2.05, 4.69) is 22.2 Å². The summed E-state index contributed by atoms with van der Waals surface area (Å²) in [7, 11) is 0. The van der Waals surface area contributed by atoms with Crippen molar-refractivity contribution in [3.05, 3.63) is 42.2 Å². The van der Waals surface area contributed by atoms with E-state index in [-0.39, 0.29) is 23.9 Å². The predicted octanol–water partition coefficient (Wildman–Crippen LogP) is 1.34. The molecule has 5 heteroatoms. The van der Waals surface area contributed by atoms with Gasteiger partial charge in [-0.05, 0) is 43.9 Å². The largest absolute Gasteiger partial charge is 0.350 e. The van der Waals surface area contributed by atoms with Crippen molar-refractivity contribution in [2.24, 2.45) is 0 Å². The molecule has 2 amide bonds. The van der Waals surface area contributed by atoms with E-state index >= 15 is 0 Å². The summed E-state index contributed by atoms with van der Waals surface area (Å²) in [6, 6.07) is 3.78. The minimum Gasteiger partial charge on any atom is -0.350 e. The molecule has 1 saturated carbocycles. The maximum absolute atomic E-state index is 12.0. The number of aromatic nitrogens is 1. The fourth-order valence-corrected chi connectivity index (χ4v) is 2.37. The molecule has 0 saturated heterocycles. The van der Waals surface area contributed by atoms with Crippen LogP contribution < -0.4 is 10.6 Å². The molecule has 0 unspecified atom stereocenters. The summed E-state index contributed by atoms with van der Waals surface area (Å²) in [6.45, 7) is 5.36. The summed E-state index contributed by atoms with van der Waals surface area (Å²) in [5.74, 6) is -0.326. The van der Waals surface area contributed by atoms with Crippen LogP contribution in [0.2, 0.25) is 0 Å². The second-order valence-corrected chi connectivity index (χ2v) is 5.11. The molecule has 0 spiro atoms. The Balaban J connectivity index is 1.85. The van der Waals surface area contributed by atoms with Crippen LogP contribution in [0.1, 0.15) is 35.3 Å². The van der Waals surface area contributed by atoms with E-state index in [1.165, 1.54) is 6.08 Å². The third-order valence-electron chi connectivity index (χ3n) is 3.44. The lowest BCUT2D eigenvalue weighted by atomic mass is 10.2. The molecule has 1 fully saturated rings. The molecule has 1 aromatic rings. The molecular weight excluding hydrogens is 254 g/mol. The van der Waals surface area contributed by atoms with Crippen LogP contribution in [0.3, 0.4) is 0 Å². The molecular formula is C15H19N3O2. The maximum atomic E-state index is 12.0. The van der Waals surface area contributed by atoms with Gasteiger partial charge < -0.3 is 10.6 Å². The zero-order valence-corrected chi connectivity index (χ0v) is 11.6. The van der Waals surface area contributed by atoms with E-state index in [0.717, 1.165) is 24.8 Å². The van der Waals surface area contributed by atoms with Crippen LogP contribution in [0, 0.1) is 6.92 Å². The SMILES string of the molecule is C=CC(=O)N[C@@H]1CC[C@@H](NC(=O)c2ccc(C)cn2)C1. The molecule has 0 bridgehead atoms. The van der Waals surface area contributed by atoms with E-state index in [1.807, 2.05) is 13.0 Å². The van der Waals surface area contributed by atoms with E-state index in [9.17, 15) is 9.59 Å². The van der Waals surface area contributed by atoms with Gasteiger partial charge in [0, 0.05) is 18.3 Å². The summed E-state index contributed by atoms with van der Waals surface area (Å²) in [4.78, 5) is 27.3. The smallest absolute Gasteiger partial charge is 0.270 e. The lowest BCUT2D eigenvalue weighted by Gasteiger charge is -2.13. The van der Waals surface area contributed by atoms with Crippen LogP contribution in [0.15, 0.2) is 31.0 Å². The number of nitrogens with one attached hydrogen (secondary N) is 2. The minimum absolute atomic E-state index is 0.0840. The van der Waals surface area contributed by atoms with Crippen LogP contribution in [0.25, 0.3) is 0 Å². The van der Waals surface area contributed by atoms with Crippen molar-refractivity contribution in [1.82, 2.24) is 15.6 Å². The molecule has 2 N–H and O–H groups in total. The third kappa shape index (κ3) is 3.66. The molecule has 1 heterocycles. The first-order valence-electron chi connectivity index (χ1n) is 6.75. The van der Waals surface area contributed by atoms with Gasteiger partial charge in [-0.1, -0.05) is 12.6 Å². The first-order valence-corrected chi connectivity index (χ1v) is 6.75. The molecule has 0 aromatic carbocycles. The molecule has 20 heavy (non-hydrogen) atoms. The average molecular weight is 273 g/mol. The van der Waals surface area contributed by atoms with E-state index in [0.29, 0.717) is 5.69 Å². The standard InChI is InChI=1S/C15H19N3O2/c1-3-14(19)17-11-5-6-12(8-11)18-15(20)13-7-4-10(2)9-16-13/h3-4,7,9,11-12H,1,5-6,8H2,2H3,(H,17,19)(H,18,20)/t11-,12-/m1/s1. The predicted molar refractivity (Wildman–Crippen MR) is 76.2 cm³/mol. The minimum atomic E-state index is -0.165. The Morgan fingerprint density at radius 1 is 1.30 bits per heavy atom. The molecule has 0 radical (unpaired) electrons. The van der Waals surface area contributed by atoms with Gasteiger partial charge in [0.05, 0.1) is 0 Å². The Morgan fingerprint density at radius 3 is 2.60 bits per heavy atom. The molecule has 2 atom stereocenters.